The highest BCUT2D eigenvalue weighted by atomic mass is 16.3. The number of hydrogen-bond donors (Lipinski definition) is 3. The first-order valence-electron chi connectivity index (χ1n) is 10.9. The average Bonchev–Trinajstić information content (AvgIpc) is 3.38. The summed E-state index contributed by atoms with van der Waals surface area (Å²) < 4.78 is 1.76. The molecule has 9 nitrogen and oxygen atoms in total. The van der Waals surface area contributed by atoms with E-state index in [4.69, 9.17) is 0 Å². The van der Waals surface area contributed by atoms with E-state index in [0.717, 1.165) is 23.2 Å². The molecule has 0 saturated heterocycles. The van der Waals surface area contributed by atoms with E-state index >= 15 is 0 Å². The summed E-state index contributed by atoms with van der Waals surface area (Å²) in [5, 5.41) is 39.7. The quantitative estimate of drug-likeness (QED) is 0.505. The van der Waals surface area contributed by atoms with Crippen LogP contribution in [-0.4, -0.2) is 38.0 Å². The number of anilines is 3. The Morgan fingerprint density at radius 3 is 2.79 bits per heavy atom. The number of aliphatic hydroxyl groups is 1. The molecule has 1 aliphatic heterocycles. The van der Waals surface area contributed by atoms with Gasteiger partial charge in [0.1, 0.15) is 18.0 Å². The van der Waals surface area contributed by atoms with Crippen molar-refractivity contribution in [3.05, 3.63) is 47.3 Å². The second-order valence-corrected chi connectivity index (χ2v) is 8.95. The average molecular weight is 443 g/mol. The maximum atomic E-state index is 9.94. The molecule has 0 spiro atoms. The Bertz CT molecular complexity index is 1270. The van der Waals surface area contributed by atoms with E-state index in [2.05, 4.69) is 51.7 Å². The van der Waals surface area contributed by atoms with Crippen LogP contribution in [0.2, 0.25) is 0 Å². The van der Waals surface area contributed by atoms with Crippen LogP contribution in [-0.2, 0) is 12.0 Å². The van der Waals surface area contributed by atoms with Gasteiger partial charge in [0.05, 0.1) is 23.6 Å². The third-order valence-electron chi connectivity index (χ3n) is 5.92. The first-order valence-corrected chi connectivity index (χ1v) is 10.9. The molecule has 0 aliphatic carbocycles. The summed E-state index contributed by atoms with van der Waals surface area (Å²) >= 11 is 0. The second kappa shape index (κ2) is 8.89. The minimum absolute atomic E-state index is 0.0283. The molecule has 0 saturated carbocycles. The second-order valence-electron chi connectivity index (χ2n) is 8.95. The molecule has 0 bridgehead atoms. The van der Waals surface area contributed by atoms with Crippen molar-refractivity contribution < 1.29 is 5.11 Å². The normalized spacial score (nSPS) is 16.7. The first-order chi connectivity index (χ1) is 15.9. The van der Waals surface area contributed by atoms with E-state index in [0.29, 0.717) is 47.7 Å². The van der Waals surface area contributed by atoms with E-state index in [-0.39, 0.29) is 6.61 Å². The van der Waals surface area contributed by atoms with Gasteiger partial charge in [0.15, 0.2) is 5.69 Å². The summed E-state index contributed by atoms with van der Waals surface area (Å²) in [6.07, 6.45) is 2.57. The monoisotopic (exact) mass is 442 g/mol. The van der Waals surface area contributed by atoms with Crippen molar-refractivity contribution in [2.24, 2.45) is 5.92 Å². The van der Waals surface area contributed by atoms with Crippen LogP contribution in [0.3, 0.4) is 0 Å². The molecular formula is C24H26N8O. The van der Waals surface area contributed by atoms with Gasteiger partial charge in [-0.2, -0.15) is 15.6 Å². The van der Waals surface area contributed by atoms with Crippen LogP contribution in [0.4, 0.5) is 17.5 Å². The van der Waals surface area contributed by atoms with Crippen molar-refractivity contribution in [2.45, 2.75) is 39.2 Å². The minimum Gasteiger partial charge on any atom is -0.395 e. The zero-order chi connectivity index (χ0) is 23.6. The van der Waals surface area contributed by atoms with Gasteiger partial charge in [-0.15, -0.1) is 0 Å². The van der Waals surface area contributed by atoms with E-state index in [9.17, 15) is 15.6 Å². The number of hydrogen-bond acceptors (Lipinski definition) is 8. The Labute approximate surface area is 192 Å². The van der Waals surface area contributed by atoms with E-state index < -0.39 is 5.41 Å². The summed E-state index contributed by atoms with van der Waals surface area (Å²) in [7, 11) is 0. The van der Waals surface area contributed by atoms with Crippen LogP contribution in [0.25, 0.3) is 11.3 Å². The number of nitriles is 2. The van der Waals surface area contributed by atoms with Crippen molar-refractivity contribution in [1.82, 2.24) is 19.7 Å². The lowest BCUT2D eigenvalue weighted by Crippen LogP contribution is -2.28. The van der Waals surface area contributed by atoms with Crippen LogP contribution in [0.5, 0.6) is 0 Å². The van der Waals surface area contributed by atoms with Gasteiger partial charge >= 0.3 is 0 Å². The molecule has 4 rings (SSSR count). The fraction of sp³-hybridized carbons (Fsp3) is 0.375. The van der Waals surface area contributed by atoms with Gasteiger partial charge in [-0.25, -0.2) is 14.6 Å². The number of aromatic nitrogens is 4. The molecule has 0 amide bonds. The third kappa shape index (κ3) is 4.36. The maximum absolute atomic E-state index is 9.94. The minimum atomic E-state index is -0.471. The van der Waals surface area contributed by atoms with E-state index in [1.807, 2.05) is 13.0 Å². The predicted octanol–water partition coefficient (Wildman–Crippen LogP) is 3.55. The molecule has 0 fully saturated rings. The maximum Gasteiger partial charge on any atom is 0.228 e. The standard InChI is InChI=1S/C24H26N8O/c1-15(2)5-7-32-21(10-18(12-26)31-32)30-23-27-6-4-20(29-23)16-8-17(11-25)22-19(9-16)24(3,14-33)13-28-22/h4,6,8-10,15,28,33H,5,7,13-14H2,1-3H3,(H,27,29,30)/t24-/m1/s1. The van der Waals surface area contributed by atoms with Crippen LogP contribution in [0.15, 0.2) is 30.5 Å². The van der Waals surface area contributed by atoms with E-state index in [1.54, 1.807) is 29.1 Å². The number of nitrogens with zero attached hydrogens (tertiary/aromatic N) is 6. The van der Waals surface area contributed by atoms with Crippen molar-refractivity contribution in [2.75, 3.05) is 23.8 Å². The topological polar surface area (TPSA) is 135 Å². The highest BCUT2D eigenvalue weighted by Gasteiger charge is 2.36. The van der Waals surface area contributed by atoms with Crippen molar-refractivity contribution in [3.8, 4) is 23.4 Å². The number of fused-ring (bicyclic) bond motifs is 1. The molecule has 1 atom stereocenters. The third-order valence-corrected chi connectivity index (χ3v) is 5.92. The molecule has 33 heavy (non-hydrogen) atoms. The zero-order valence-electron chi connectivity index (χ0n) is 18.9. The highest BCUT2D eigenvalue weighted by molar-refractivity contribution is 5.76. The van der Waals surface area contributed by atoms with E-state index in [1.165, 1.54) is 0 Å². The Kier molecular flexibility index (Phi) is 5.99. The molecule has 3 N–H and O–H groups in total. The number of rotatable bonds is 7. The molecule has 168 valence electrons. The van der Waals surface area contributed by atoms with Crippen molar-refractivity contribution >= 4 is 17.5 Å². The largest absolute Gasteiger partial charge is 0.395 e. The van der Waals surface area contributed by atoms with Crippen molar-refractivity contribution in [1.29, 1.82) is 10.5 Å². The number of nitrogens with one attached hydrogen (secondary N) is 2. The SMILES string of the molecule is CC(C)CCn1nc(C#N)cc1Nc1nccc(-c2cc(C#N)c3c(c2)[C@@](C)(CO)CN3)n1. The fourth-order valence-electron chi connectivity index (χ4n) is 3.88. The zero-order valence-corrected chi connectivity index (χ0v) is 18.9. The molecule has 1 aliphatic rings. The highest BCUT2D eigenvalue weighted by Crippen LogP contribution is 2.41. The molecular weight excluding hydrogens is 416 g/mol. The fourth-order valence-corrected chi connectivity index (χ4v) is 3.88. The molecule has 3 aromatic rings. The molecule has 9 heteroatoms. The molecule has 3 heterocycles. The Morgan fingerprint density at radius 1 is 1.27 bits per heavy atom. The Hall–Kier alpha value is -3.95. The summed E-state index contributed by atoms with van der Waals surface area (Å²) in [4.78, 5) is 8.97. The van der Waals surface area contributed by atoms with Gasteiger partial charge in [-0.3, -0.25) is 0 Å². The van der Waals surface area contributed by atoms with Crippen molar-refractivity contribution in [3.63, 3.8) is 0 Å². The number of aryl methyl sites for hydroxylation is 1. The van der Waals surface area contributed by atoms with Crippen LogP contribution >= 0.6 is 0 Å². The van der Waals surface area contributed by atoms with Gasteiger partial charge in [-0.1, -0.05) is 20.8 Å². The predicted molar refractivity (Wildman–Crippen MR) is 125 cm³/mol. The number of aliphatic hydroxyl groups excluding tert-OH is 1. The van der Waals surface area contributed by atoms with Gasteiger partial charge < -0.3 is 15.7 Å². The van der Waals surface area contributed by atoms with Crippen LogP contribution in [0, 0.1) is 28.6 Å². The molecule has 1 aromatic carbocycles. The van der Waals surface area contributed by atoms with Gasteiger partial charge in [0.2, 0.25) is 5.95 Å². The van der Waals surface area contributed by atoms with Gasteiger partial charge in [0.25, 0.3) is 0 Å². The molecule has 0 unspecified atom stereocenters. The smallest absolute Gasteiger partial charge is 0.228 e. The van der Waals surface area contributed by atoms with Gasteiger partial charge in [0, 0.05) is 36.3 Å². The summed E-state index contributed by atoms with van der Waals surface area (Å²) in [5.41, 5.74) is 3.45. The number of benzene rings is 1. The molecule has 2 aromatic heterocycles. The van der Waals surface area contributed by atoms with Gasteiger partial charge in [-0.05, 0) is 36.1 Å². The summed E-state index contributed by atoms with van der Waals surface area (Å²) in [6, 6.07) is 11.6. The Morgan fingerprint density at radius 2 is 2.09 bits per heavy atom. The summed E-state index contributed by atoms with van der Waals surface area (Å²) in [5.74, 6) is 1.51. The Balaban J connectivity index is 1.68. The first kappa shape index (κ1) is 22.3. The lowest BCUT2D eigenvalue weighted by atomic mass is 9.83. The van der Waals surface area contributed by atoms with Crippen LogP contribution in [0.1, 0.15) is 44.0 Å². The lowest BCUT2D eigenvalue weighted by molar-refractivity contribution is 0.219. The van der Waals surface area contributed by atoms with Crippen LogP contribution < -0.4 is 10.6 Å². The molecule has 0 radical (unpaired) electrons. The lowest BCUT2D eigenvalue weighted by Gasteiger charge is -2.21. The summed E-state index contributed by atoms with van der Waals surface area (Å²) in [6.45, 7) is 7.45.